The molecule has 0 saturated carbocycles. The van der Waals surface area contributed by atoms with E-state index >= 15 is 0 Å². The van der Waals surface area contributed by atoms with Crippen molar-refractivity contribution in [1.82, 2.24) is 9.97 Å². The largest absolute Gasteiger partial charge is 0.369 e. The highest BCUT2D eigenvalue weighted by Gasteiger charge is 2.19. The van der Waals surface area contributed by atoms with Gasteiger partial charge in [-0.25, -0.2) is 14.4 Å². The first kappa shape index (κ1) is 21.8. The van der Waals surface area contributed by atoms with Crippen molar-refractivity contribution < 1.29 is 9.18 Å². The van der Waals surface area contributed by atoms with Crippen LogP contribution in [0.4, 0.5) is 27.4 Å². The van der Waals surface area contributed by atoms with Gasteiger partial charge in [0.1, 0.15) is 11.6 Å². The molecule has 1 amide bonds. The Morgan fingerprint density at radius 3 is 2.50 bits per heavy atom. The number of rotatable bonds is 9. The fourth-order valence-corrected chi connectivity index (χ4v) is 3.79. The molecule has 162 valence electrons. The van der Waals surface area contributed by atoms with Crippen LogP contribution in [0.3, 0.4) is 0 Å². The molecule has 2 aromatic rings. The van der Waals surface area contributed by atoms with Crippen LogP contribution in [0.2, 0.25) is 0 Å². The quantitative estimate of drug-likeness (QED) is 0.643. The summed E-state index contributed by atoms with van der Waals surface area (Å²) in [6.07, 6.45) is 6.86. The van der Waals surface area contributed by atoms with Crippen LogP contribution in [0.15, 0.2) is 24.4 Å². The zero-order chi connectivity index (χ0) is 21.5. The number of piperidine rings is 1. The van der Waals surface area contributed by atoms with Gasteiger partial charge in [0.2, 0.25) is 0 Å². The third kappa shape index (κ3) is 5.17. The third-order valence-electron chi connectivity index (χ3n) is 5.21. The number of benzene rings is 1. The molecule has 1 aromatic carbocycles. The third-order valence-corrected chi connectivity index (χ3v) is 5.21. The van der Waals surface area contributed by atoms with E-state index in [1.807, 2.05) is 4.90 Å². The Morgan fingerprint density at radius 2 is 1.90 bits per heavy atom. The molecule has 1 saturated heterocycles. The predicted octanol–water partition coefficient (Wildman–Crippen LogP) is 4.07. The van der Waals surface area contributed by atoms with E-state index in [1.165, 1.54) is 12.5 Å². The number of anilines is 4. The lowest BCUT2D eigenvalue weighted by Gasteiger charge is -2.28. The molecule has 1 fully saturated rings. The fraction of sp³-hybridized carbons (Fsp3) is 0.500. The summed E-state index contributed by atoms with van der Waals surface area (Å²) in [5.74, 6) is -0.0555. The first-order valence-electron chi connectivity index (χ1n) is 10.8. The van der Waals surface area contributed by atoms with E-state index in [0.29, 0.717) is 17.2 Å². The zero-order valence-corrected chi connectivity index (χ0v) is 17.8. The van der Waals surface area contributed by atoms with Gasteiger partial charge in [-0.1, -0.05) is 13.8 Å². The van der Waals surface area contributed by atoms with Gasteiger partial charge in [-0.15, -0.1) is 0 Å². The first-order valence-corrected chi connectivity index (χ1v) is 10.8. The summed E-state index contributed by atoms with van der Waals surface area (Å²) in [6.45, 7) is 7.56. The molecule has 7 nitrogen and oxygen atoms in total. The van der Waals surface area contributed by atoms with Crippen molar-refractivity contribution in [3.63, 3.8) is 0 Å². The van der Waals surface area contributed by atoms with Gasteiger partial charge in [0.25, 0.3) is 5.91 Å². The van der Waals surface area contributed by atoms with Crippen LogP contribution in [0, 0.1) is 5.82 Å². The standard InChI is InChI=1S/C22H31FN6O/c1-3-10-28(11-4-2)18-9-8-16(14-17(18)23)26-22-20(21(24)30)25-15-19(27-22)29-12-6-5-7-13-29/h8-9,14-15H,3-7,10-13H2,1-2H3,(H2,24,30)(H,26,27). The molecular weight excluding hydrogens is 383 g/mol. The summed E-state index contributed by atoms with van der Waals surface area (Å²) in [5, 5.41) is 3.04. The number of carbonyl (C=O) groups excluding carboxylic acids is 1. The molecule has 1 aromatic heterocycles. The van der Waals surface area contributed by atoms with E-state index in [-0.39, 0.29) is 17.3 Å². The number of nitrogens with two attached hydrogens (primary N) is 1. The lowest BCUT2D eigenvalue weighted by molar-refractivity contribution is 0.0996. The van der Waals surface area contributed by atoms with Crippen LogP contribution >= 0.6 is 0 Å². The highest BCUT2D eigenvalue weighted by Crippen LogP contribution is 2.27. The van der Waals surface area contributed by atoms with E-state index in [1.54, 1.807) is 18.3 Å². The molecule has 0 aliphatic carbocycles. The van der Waals surface area contributed by atoms with Gasteiger partial charge in [-0.3, -0.25) is 4.79 Å². The molecule has 30 heavy (non-hydrogen) atoms. The van der Waals surface area contributed by atoms with Crippen molar-refractivity contribution in [1.29, 1.82) is 0 Å². The number of carbonyl (C=O) groups is 1. The summed E-state index contributed by atoms with van der Waals surface area (Å²) in [4.78, 5) is 24.8. The molecule has 0 bridgehead atoms. The molecule has 0 unspecified atom stereocenters. The van der Waals surface area contributed by atoms with Crippen molar-refractivity contribution in [2.24, 2.45) is 5.73 Å². The number of aromatic nitrogens is 2. The normalized spacial score (nSPS) is 13.9. The smallest absolute Gasteiger partial charge is 0.271 e. The maximum absolute atomic E-state index is 14.9. The van der Waals surface area contributed by atoms with Crippen molar-refractivity contribution in [2.75, 3.05) is 41.3 Å². The van der Waals surface area contributed by atoms with Gasteiger partial charge in [-0.2, -0.15) is 0 Å². The van der Waals surface area contributed by atoms with Gasteiger partial charge >= 0.3 is 0 Å². The SMILES string of the molecule is CCCN(CCC)c1ccc(Nc2nc(N3CCCCC3)cnc2C(N)=O)cc1F. The van der Waals surface area contributed by atoms with E-state index in [2.05, 4.69) is 34.0 Å². The van der Waals surface area contributed by atoms with Gasteiger partial charge < -0.3 is 20.9 Å². The van der Waals surface area contributed by atoms with Crippen LogP contribution in [0.25, 0.3) is 0 Å². The molecule has 1 aliphatic heterocycles. The van der Waals surface area contributed by atoms with E-state index in [0.717, 1.165) is 51.9 Å². The van der Waals surface area contributed by atoms with Crippen LogP contribution in [-0.2, 0) is 0 Å². The summed E-state index contributed by atoms with van der Waals surface area (Å²) in [5.41, 5.74) is 6.60. The number of hydrogen-bond acceptors (Lipinski definition) is 6. The average molecular weight is 415 g/mol. The molecule has 8 heteroatoms. The van der Waals surface area contributed by atoms with E-state index in [9.17, 15) is 9.18 Å². The summed E-state index contributed by atoms with van der Waals surface area (Å²) >= 11 is 0. The molecule has 1 aliphatic rings. The molecular formula is C22H31FN6O. The lowest BCUT2D eigenvalue weighted by atomic mass is 10.1. The van der Waals surface area contributed by atoms with Gasteiger partial charge in [0, 0.05) is 31.9 Å². The Morgan fingerprint density at radius 1 is 1.20 bits per heavy atom. The Balaban J connectivity index is 1.87. The van der Waals surface area contributed by atoms with Crippen LogP contribution < -0.4 is 20.9 Å². The highest BCUT2D eigenvalue weighted by molar-refractivity contribution is 5.96. The zero-order valence-electron chi connectivity index (χ0n) is 17.8. The van der Waals surface area contributed by atoms with Crippen molar-refractivity contribution in [2.45, 2.75) is 46.0 Å². The number of hydrogen-bond donors (Lipinski definition) is 2. The molecule has 2 heterocycles. The maximum Gasteiger partial charge on any atom is 0.271 e. The second-order valence-corrected chi connectivity index (χ2v) is 7.62. The summed E-state index contributed by atoms with van der Waals surface area (Å²) in [7, 11) is 0. The Kier molecular flexibility index (Phi) is 7.43. The first-order chi connectivity index (χ1) is 14.5. The van der Waals surface area contributed by atoms with Crippen molar-refractivity contribution >= 4 is 28.9 Å². The van der Waals surface area contributed by atoms with Gasteiger partial charge in [0.15, 0.2) is 11.5 Å². The minimum absolute atomic E-state index is 0.0406. The minimum atomic E-state index is -0.677. The van der Waals surface area contributed by atoms with E-state index < -0.39 is 5.91 Å². The second kappa shape index (κ2) is 10.2. The second-order valence-electron chi connectivity index (χ2n) is 7.62. The number of nitrogens with zero attached hydrogens (tertiary/aromatic N) is 4. The van der Waals surface area contributed by atoms with Crippen molar-refractivity contribution in [3.05, 3.63) is 35.9 Å². The van der Waals surface area contributed by atoms with Crippen LogP contribution in [0.5, 0.6) is 0 Å². The topological polar surface area (TPSA) is 87.4 Å². The average Bonchev–Trinajstić information content (AvgIpc) is 2.74. The summed E-state index contributed by atoms with van der Waals surface area (Å²) in [6, 6.07) is 4.97. The van der Waals surface area contributed by atoms with Gasteiger partial charge in [-0.05, 0) is 50.3 Å². The number of nitrogens with one attached hydrogen (secondary N) is 1. The van der Waals surface area contributed by atoms with Crippen LogP contribution in [0.1, 0.15) is 56.4 Å². The molecule has 0 atom stereocenters. The Bertz CT molecular complexity index is 863. The highest BCUT2D eigenvalue weighted by atomic mass is 19.1. The number of primary amides is 1. The molecule has 3 rings (SSSR count). The Hall–Kier alpha value is -2.90. The van der Waals surface area contributed by atoms with E-state index in [4.69, 9.17) is 5.73 Å². The predicted molar refractivity (Wildman–Crippen MR) is 119 cm³/mol. The van der Waals surface area contributed by atoms with Crippen molar-refractivity contribution in [3.8, 4) is 0 Å². The lowest BCUT2D eigenvalue weighted by Crippen LogP contribution is -2.31. The number of halogens is 1. The fourth-order valence-electron chi connectivity index (χ4n) is 3.79. The summed E-state index contributed by atoms with van der Waals surface area (Å²) < 4.78 is 14.9. The van der Waals surface area contributed by atoms with Crippen LogP contribution in [-0.4, -0.2) is 42.1 Å². The Labute approximate surface area is 177 Å². The maximum atomic E-state index is 14.9. The number of amides is 1. The monoisotopic (exact) mass is 414 g/mol. The van der Waals surface area contributed by atoms with Gasteiger partial charge in [0.05, 0.1) is 11.9 Å². The molecule has 3 N–H and O–H groups in total. The molecule has 0 radical (unpaired) electrons. The minimum Gasteiger partial charge on any atom is -0.369 e. The molecule has 0 spiro atoms.